The predicted molar refractivity (Wildman–Crippen MR) is 113 cm³/mol. The maximum absolute atomic E-state index is 5.51. The van der Waals surface area contributed by atoms with Gasteiger partial charge in [-0.1, -0.05) is 18.6 Å². The van der Waals surface area contributed by atoms with Crippen molar-refractivity contribution in [3.8, 4) is 5.75 Å². The Labute approximate surface area is 164 Å². The summed E-state index contributed by atoms with van der Waals surface area (Å²) in [5, 5.41) is 7.09. The topological polar surface area (TPSA) is 52.1 Å². The lowest BCUT2D eigenvalue weighted by molar-refractivity contribution is 0.163. The minimum atomic E-state index is 0.398. The van der Waals surface area contributed by atoms with Crippen molar-refractivity contribution in [3.63, 3.8) is 0 Å². The molecule has 2 fully saturated rings. The molecule has 150 valence electrons. The molecule has 6 nitrogen and oxygen atoms in total. The van der Waals surface area contributed by atoms with E-state index in [0.29, 0.717) is 12.1 Å². The Morgan fingerprint density at radius 1 is 1.22 bits per heavy atom. The van der Waals surface area contributed by atoms with Gasteiger partial charge in [-0.3, -0.25) is 9.89 Å². The number of anilines is 1. The molecule has 2 saturated heterocycles. The molecule has 3 rings (SSSR count). The van der Waals surface area contributed by atoms with E-state index in [4.69, 9.17) is 4.74 Å². The molecular formula is C21H35N5O. The predicted octanol–water partition coefficient (Wildman–Crippen LogP) is 2.31. The maximum atomic E-state index is 5.51. The lowest BCUT2D eigenvalue weighted by Gasteiger charge is -2.33. The van der Waals surface area contributed by atoms with Crippen LogP contribution in [0.15, 0.2) is 29.3 Å². The molecule has 2 heterocycles. The van der Waals surface area contributed by atoms with Crippen molar-refractivity contribution in [3.05, 3.63) is 24.3 Å². The molecule has 6 heteroatoms. The summed E-state index contributed by atoms with van der Waals surface area (Å²) in [5.41, 5.74) is 1.17. The average molecular weight is 374 g/mol. The Kier molecular flexibility index (Phi) is 7.21. The van der Waals surface area contributed by atoms with E-state index in [2.05, 4.69) is 44.5 Å². The standard InChI is InChI=1S/C21H35N5O/c1-17-8-6-7-13-25(17)15-12-23-21(22-2)24-18-11-14-26(16-18)19-9-4-5-10-20(19)27-3/h4-5,9-10,17-18H,6-8,11-16H2,1-3H3,(H2,22,23,24). The van der Waals surface area contributed by atoms with Gasteiger partial charge in [0.2, 0.25) is 0 Å². The van der Waals surface area contributed by atoms with Crippen LogP contribution < -0.4 is 20.3 Å². The number of hydrogen-bond donors (Lipinski definition) is 2. The molecule has 0 aromatic heterocycles. The number of benzene rings is 1. The fraction of sp³-hybridized carbons (Fsp3) is 0.667. The number of likely N-dealkylation sites (tertiary alicyclic amines) is 1. The quantitative estimate of drug-likeness (QED) is 0.592. The first-order valence-electron chi connectivity index (χ1n) is 10.3. The molecule has 0 amide bonds. The van der Waals surface area contributed by atoms with Crippen LogP contribution in [-0.2, 0) is 0 Å². The van der Waals surface area contributed by atoms with Gasteiger partial charge < -0.3 is 20.3 Å². The SMILES string of the molecule is CN=C(NCCN1CCCCC1C)NC1CCN(c2ccccc2OC)C1. The van der Waals surface area contributed by atoms with Gasteiger partial charge in [-0.2, -0.15) is 0 Å². The van der Waals surface area contributed by atoms with Crippen molar-refractivity contribution in [1.29, 1.82) is 0 Å². The smallest absolute Gasteiger partial charge is 0.191 e. The van der Waals surface area contributed by atoms with Crippen LogP contribution in [0.2, 0.25) is 0 Å². The van der Waals surface area contributed by atoms with Gasteiger partial charge in [0.25, 0.3) is 0 Å². The number of aliphatic imine (C=N–C) groups is 1. The largest absolute Gasteiger partial charge is 0.495 e. The van der Waals surface area contributed by atoms with Crippen LogP contribution in [0.5, 0.6) is 5.75 Å². The molecule has 0 saturated carbocycles. The summed E-state index contributed by atoms with van der Waals surface area (Å²) in [6.45, 7) is 7.58. The molecule has 2 N–H and O–H groups in total. The molecule has 2 atom stereocenters. The summed E-state index contributed by atoms with van der Waals surface area (Å²) in [6.07, 6.45) is 5.13. The van der Waals surface area contributed by atoms with Crippen molar-refractivity contribution in [2.24, 2.45) is 4.99 Å². The van der Waals surface area contributed by atoms with E-state index in [1.165, 1.54) is 31.5 Å². The summed E-state index contributed by atoms with van der Waals surface area (Å²) in [7, 11) is 3.59. The monoisotopic (exact) mass is 373 g/mol. The lowest BCUT2D eigenvalue weighted by atomic mass is 10.0. The van der Waals surface area contributed by atoms with E-state index in [1.807, 2.05) is 19.2 Å². The van der Waals surface area contributed by atoms with Crippen LogP contribution in [0.25, 0.3) is 0 Å². The molecule has 0 aliphatic carbocycles. The summed E-state index contributed by atoms with van der Waals surface area (Å²) < 4.78 is 5.51. The molecule has 2 unspecified atom stereocenters. The number of ether oxygens (including phenoxy) is 1. The number of para-hydroxylation sites is 2. The molecular weight excluding hydrogens is 338 g/mol. The third-order valence-electron chi connectivity index (χ3n) is 5.81. The van der Waals surface area contributed by atoms with E-state index in [9.17, 15) is 0 Å². The van der Waals surface area contributed by atoms with Crippen LogP contribution in [0.3, 0.4) is 0 Å². The Morgan fingerprint density at radius 2 is 2.07 bits per heavy atom. The van der Waals surface area contributed by atoms with E-state index < -0.39 is 0 Å². The van der Waals surface area contributed by atoms with Crippen LogP contribution in [0, 0.1) is 0 Å². The molecule has 1 aromatic carbocycles. The Bertz CT molecular complexity index is 620. The summed E-state index contributed by atoms with van der Waals surface area (Å²) in [6, 6.07) is 9.35. The van der Waals surface area contributed by atoms with Crippen LogP contribution >= 0.6 is 0 Å². The highest BCUT2D eigenvalue weighted by Gasteiger charge is 2.25. The van der Waals surface area contributed by atoms with E-state index in [-0.39, 0.29) is 0 Å². The Hall–Kier alpha value is -1.95. The maximum Gasteiger partial charge on any atom is 0.191 e. The molecule has 1 aromatic rings. The van der Waals surface area contributed by atoms with Crippen LogP contribution in [0.4, 0.5) is 5.69 Å². The van der Waals surface area contributed by atoms with Crippen LogP contribution in [0.1, 0.15) is 32.6 Å². The van der Waals surface area contributed by atoms with Crippen LogP contribution in [-0.4, -0.2) is 69.8 Å². The van der Waals surface area contributed by atoms with E-state index in [1.54, 1.807) is 7.11 Å². The molecule has 0 spiro atoms. The number of guanidine groups is 1. The van der Waals surface area contributed by atoms with E-state index >= 15 is 0 Å². The Morgan fingerprint density at radius 3 is 2.85 bits per heavy atom. The second-order valence-electron chi connectivity index (χ2n) is 7.63. The van der Waals surface area contributed by atoms with Crippen molar-refractivity contribution >= 4 is 11.6 Å². The third kappa shape index (κ3) is 5.28. The molecule has 2 aliphatic rings. The lowest BCUT2D eigenvalue weighted by Crippen LogP contribution is -2.48. The second kappa shape index (κ2) is 9.83. The van der Waals surface area contributed by atoms with Gasteiger partial charge in [0.15, 0.2) is 5.96 Å². The van der Waals surface area contributed by atoms with Gasteiger partial charge in [-0.15, -0.1) is 0 Å². The fourth-order valence-electron chi connectivity index (χ4n) is 4.18. The van der Waals surface area contributed by atoms with Crippen molar-refractivity contribution in [2.75, 3.05) is 51.8 Å². The fourth-order valence-corrected chi connectivity index (χ4v) is 4.18. The minimum absolute atomic E-state index is 0.398. The number of hydrogen-bond acceptors (Lipinski definition) is 4. The van der Waals surface area contributed by atoms with Gasteiger partial charge in [0.1, 0.15) is 5.75 Å². The number of rotatable bonds is 6. The Balaban J connectivity index is 1.45. The zero-order valence-electron chi connectivity index (χ0n) is 17.1. The highest BCUT2D eigenvalue weighted by Crippen LogP contribution is 2.30. The van der Waals surface area contributed by atoms with Gasteiger partial charge in [-0.05, 0) is 44.9 Å². The van der Waals surface area contributed by atoms with Gasteiger partial charge in [-0.25, -0.2) is 0 Å². The third-order valence-corrected chi connectivity index (χ3v) is 5.81. The molecule has 27 heavy (non-hydrogen) atoms. The van der Waals surface area contributed by atoms with Crippen molar-refractivity contribution in [1.82, 2.24) is 15.5 Å². The average Bonchev–Trinajstić information content (AvgIpc) is 3.17. The number of nitrogens with one attached hydrogen (secondary N) is 2. The summed E-state index contributed by atoms with van der Waals surface area (Å²) >= 11 is 0. The highest BCUT2D eigenvalue weighted by atomic mass is 16.5. The zero-order valence-corrected chi connectivity index (χ0v) is 17.1. The molecule has 0 bridgehead atoms. The minimum Gasteiger partial charge on any atom is -0.495 e. The zero-order chi connectivity index (χ0) is 19.1. The normalized spacial score (nSPS) is 24.1. The highest BCUT2D eigenvalue weighted by molar-refractivity contribution is 5.80. The van der Waals surface area contributed by atoms with E-state index in [0.717, 1.165) is 44.3 Å². The molecule has 2 aliphatic heterocycles. The van der Waals surface area contributed by atoms with Crippen molar-refractivity contribution in [2.45, 2.75) is 44.7 Å². The first kappa shape index (κ1) is 19.8. The number of methoxy groups -OCH3 is 1. The first-order valence-corrected chi connectivity index (χ1v) is 10.3. The van der Waals surface area contributed by atoms with Crippen molar-refractivity contribution < 1.29 is 4.74 Å². The second-order valence-corrected chi connectivity index (χ2v) is 7.63. The van der Waals surface area contributed by atoms with Gasteiger partial charge in [0.05, 0.1) is 12.8 Å². The number of piperidine rings is 1. The first-order chi connectivity index (χ1) is 13.2. The van der Waals surface area contributed by atoms with Gasteiger partial charge in [0, 0.05) is 45.3 Å². The summed E-state index contributed by atoms with van der Waals surface area (Å²) in [5.74, 6) is 1.85. The number of nitrogens with zero attached hydrogens (tertiary/aromatic N) is 3. The van der Waals surface area contributed by atoms with Gasteiger partial charge >= 0.3 is 0 Å². The summed E-state index contributed by atoms with van der Waals surface area (Å²) in [4.78, 5) is 9.39. The molecule has 0 radical (unpaired) electrons.